The molecule has 1 aromatic heterocycles. The van der Waals surface area contributed by atoms with Gasteiger partial charge >= 0.3 is 0 Å². The van der Waals surface area contributed by atoms with Gasteiger partial charge in [0.05, 0.1) is 33.0 Å². The number of hydrogen-bond acceptors (Lipinski definition) is 8. The zero-order chi connectivity index (χ0) is 23.7. The predicted octanol–water partition coefficient (Wildman–Crippen LogP) is 2.40. The standard InChI is InChI=1S/C23H27N5O5/c1-12-7-5-6-8-28(12)23-26-20-18(22(30)27-23)17(14(11-24)21(29)25-20)13-9-15(31-2)19(33-4)16(10-13)32-3/h9-10,12,14,17H,5-8H2,1-4H3,(H2,25,26,27,29,30). The third-order valence-corrected chi connectivity index (χ3v) is 6.37. The van der Waals surface area contributed by atoms with Gasteiger partial charge in [0, 0.05) is 18.5 Å². The molecule has 0 radical (unpaired) electrons. The number of benzene rings is 1. The summed E-state index contributed by atoms with van der Waals surface area (Å²) in [5, 5.41) is 12.5. The molecule has 0 aliphatic carbocycles. The summed E-state index contributed by atoms with van der Waals surface area (Å²) in [7, 11) is 4.44. The fourth-order valence-electron chi connectivity index (χ4n) is 4.69. The Kier molecular flexibility index (Phi) is 6.14. The third-order valence-electron chi connectivity index (χ3n) is 6.37. The van der Waals surface area contributed by atoms with Gasteiger partial charge in [-0.25, -0.2) is 0 Å². The molecule has 10 nitrogen and oxygen atoms in total. The Balaban J connectivity index is 1.89. The molecule has 3 atom stereocenters. The van der Waals surface area contributed by atoms with E-state index < -0.39 is 23.3 Å². The van der Waals surface area contributed by atoms with Gasteiger partial charge in [-0.1, -0.05) is 0 Å². The molecule has 0 saturated carbocycles. The van der Waals surface area contributed by atoms with Gasteiger partial charge in [-0.3, -0.25) is 14.6 Å². The van der Waals surface area contributed by atoms with Gasteiger partial charge in [0.2, 0.25) is 17.6 Å². The molecule has 1 amide bonds. The molecule has 1 fully saturated rings. The molecule has 2 aromatic rings. The number of piperidine rings is 1. The number of anilines is 2. The van der Waals surface area contributed by atoms with Gasteiger partial charge in [-0.15, -0.1) is 0 Å². The highest BCUT2D eigenvalue weighted by Gasteiger charge is 2.41. The fraction of sp³-hybridized carbons (Fsp3) is 0.478. The van der Waals surface area contributed by atoms with Gasteiger partial charge in [-0.05, 0) is 43.9 Å². The topological polar surface area (TPSA) is 130 Å². The Morgan fingerprint density at radius 1 is 1.12 bits per heavy atom. The number of carbonyl (C=O) groups is 1. The lowest BCUT2D eigenvalue weighted by Crippen LogP contribution is -2.42. The number of aromatic amines is 1. The van der Waals surface area contributed by atoms with E-state index in [0.29, 0.717) is 28.8 Å². The quantitative estimate of drug-likeness (QED) is 0.706. The third kappa shape index (κ3) is 3.84. The molecule has 1 aromatic carbocycles. The SMILES string of the molecule is COc1cc(C2c3c(nc(N4CCCCC4C)[nH]c3=O)NC(=O)C2C#N)cc(OC)c1OC. The Bertz CT molecular complexity index is 1150. The minimum Gasteiger partial charge on any atom is -0.493 e. The number of nitrogens with one attached hydrogen (secondary N) is 2. The number of nitriles is 1. The molecular formula is C23H27N5O5. The normalized spacial score (nSPS) is 22.1. The smallest absolute Gasteiger partial charge is 0.258 e. The van der Waals surface area contributed by atoms with Gasteiger partial charge < -0.3 is 24.4 Å². The van der Waals surface area contributed by atoms with E-state index in [2.05, 4.69) is 22.2 Å². The number of aromatic nitrogens is 2. The van der Waals surface area contributed by atoms with Crippen LogP contribution in [-0.4, -0.2) is 49.8 Å². The highest BCUT2D eigenvalue weighted by molar-refractivity contribution is 5.98. The highest BCUT2D eigenvalue weighted by atomic mass is 16.5. The lowest BCUT2D eigenvalue weighted by molar-refractivity contribution is -0.119. The molecule has 0 spiro atoms. The van der Waals surface area contributed by atoms with Crippen molar-refractivity contribution < 1.29 is 19.0 Å². The maximum absolute atomic E-state index is 13.3. The molecule has 10 heteroatoms. The molecular weight excluding hydrogens is 426 g/mol. The van der Waals surface area contributed by atoms with Crippen molar-refractivity contribution in [2.75, 3.05) is 38.1 Å². The molecule has 1 saturated heterocycles. The summed E-state index contributed by atoms with van der Waals surface area (Å²) in [5.74, 6) is -0.830. The number of fused-ring (bicyclic) bond motifs is 1. The van der Waals surface area contributed by atoms with Crippen molar-refractivity contribution in [3.8, 4) is 23.3 Å². The largest absolute Gasteiger partial charge is 0.493 e. The van der Waals surface area contributed by atoms with E-state index in [4.69, 9.17) is 14.2 Å². The van der Waals surface area contributed by atoms with Crippen LogP contribution in [0.3, 0.4) is 0 Å². The monoisotopic (exact) mass is 453 g/mol. The van der Waals surface area contributed by atoms with Gasteiger partial charge in [0.15, 0.2) is 11.5 Å². The number of methoxy groups -OCH3 is 3. The Hall–Kier alpha value is -3.74. The molecule has 3 heterocycles. The fourth-order valence-corrected chi connectivity index (χ4v) is 4.69. The maximum atomic E-state index is 13.3. The predicted molar refractivity (Wildman–Crippen MR) is 121 cm³/mol. The van der Waals surface area contributed by atoms with E-state index in [1.54, 1.807) is 12.1 Å². The molecule has 33 heavy (non-hydrogen) atoms. The molecule has 3 unspecified atom stereocenters. The molecule has 174 valence electrons. The molecule has 2 N–H and O–H groups in total. The highest BCUT2D eigenvalue weighted by Crippen LogP contribution is 2.45. The molecule has 2 aliphatic heterocycles. The second-order valence-electron chi connectivity index (χ2n) is 8.22. The molecule has 2 aliphatic rings. The zero-order valence-electron chi connectivity index (χ0n) is 19.1. The first-order valence-electron chi connectivity index (χ1n) is 10.8. The summed E-state index contributed by atoms with van der Waals surface area (Å²) in [6, 6.07) is 5.57. The number of amides is 1. The van der Waals surface area contributed by atoms with Crippen LogP contribution < -0.4 is 30.0 Å². The zero-order valence-corrected chi connectivity index (χ0v) is 19.1. The average molecular weight is 453 g/mol. The molecule has 0 bridgehead atoms. The lowest BCUT2D eigenvalue weighted by atomic mass is 9.79. The van der Waals surface area contributed by atoms with Crippen molar-refractivity contribution in [3.63, 3.8) is 0 Å². The summed E-state index contributed by atoms with van der Waals surface area (Å²) < 4.78 is 16.3. The Morgan fingerprint density at radius 3 is 2.39 bits per heavy atom. The van der Waals surface area contributed by atoms with E-state index in [9.17, 15) is 14.9 Å². The maximum Gasteiger partial charge on any atom is 0.258 e. The van der Waals surface area contributed by atoms with Crippen LogP contribution in [0.2, 0.25) is 0 Å². The van der Waals surface area contributed by atoms with Crippen LogP contribution in [0.25, 0.3) is 0 Å². The van der Waals surface area contributed by atoms with E-state index >= 15 is 0 Å². The van der Waals surface area contributed by atoms with Crippen molar-refractivity contribution in [1.29, 1.82) is 5.26 Å². The van der Waals surface area contributed by atoms with E-state index in [0.717, 1.165) is 25.8 Å². The van der Waals surface area contributed by atoms with Gasteiger partial charge in [0.25, 0.3) is 5.56 Å². The second kappa shape index (κ2) is 9.02. The molecule has 4 rings (SSSR count). The summed E-state index contributed by atoms with van der Waals surface area (Å²) in [4.78, 5) is 35.8. The van der Waals surface area contributed by atoms with Crippen molar-refractivity contribution in [2.24, 2.45) is 5.92 Å². The minimum absolute atomic E-state index is 0.168. The summed E-state index contributed by atoms with van der Waals surface area (Å²) >= 11 is 0. The van der Waals surface area contributed by atoms with Crippen LogP contribution in [0.1, 0.15) is 43.2 Å². The van der Waals surface area contributed by atoms with Crippen molar-refractivity contribution >= 4 is 17.7 Å². The number of H-pyrrole nitrogens is 1. The number of hydrogen-bond donors (Lipinski definition) is 2. The Labute approximate surface area is 191 Å². The van der Waals surface area contributed by atoms with Crippen LogP contribution in [0, 0.1) is 17.2 Å². The summed E-state index contributed by atoms with van der Waals surface area (Å²) in [6.07, 6.45) is 3.12. The second-order valence-corrected chi connectivity index (χ2v) is 8.22. The van der Waals surface area contributed by atoms with Crippen molar-refractivity contribution in [3.05, 3.63) is 33.6 Å². The first-order valence-corrected chi connectivity index (χ1v) is 10.8. The number of ether oxygens (including phenoxy) is 3. The van der Waals surface area contributed by atoms with E-state index in [-0.39, 0.29) is 17.4 Å². The number of nitrogens with zero attached hydrogens (tertiary/aromatic N) is 3. The van der Waals surface area contributed by atoms with Gasteiger partial charge in [0.1, 0.15) is 11.7 Å². The minimum atomic E-state index is -1.14. The van der Waals surface area contributed by atoms with E-state index in [1.807, 2.05) is 11.0 Å². The van der Waals surface area contributed by atoms with Crippen LogP contribution in [-0.2, 0) is 4.79 Å². The average Bonchev–Trinajstić information content (AvgIpc) is 2.82. The van der Waals surface area contributed by atoms with Crippen LogP contribution in [0.4, 0.5) is 11.8 Å². The van der Waals surface area contributed by atoms with Crippen molar-refractivity contribution in [2.45, 2.75) is 38.1 Å². The first kappa shape index (κ1) is 22.5. The van der Waals surface area contributed by atoms with Gasteiger partial charge in [-0.2, -0.15) is 10.2 Å². The summed E-state index contributed by atoms with van der Waals surface area (Å²) in [5.41, 5.74) is 0.342. The Morgan fingerprint density at radius 2 is 1.82 bits per heavy atom. The van der Waals surface area contributed by atoms with Crippen LogP contribution >= 0.6 is 0 Å². The summed E-state index contributed by atoms with van der Waals surface area (Å²) in [6.45, 7) is 2.86. The van der Waals surface area contributed by atoms with Crippen LogP contribution in [0.15, 0.2) is 16.9 Å². The number of carbonyl (C=O) groups excluding carboxylic acids is 1. The lowest BCUT2D eigenvalue weighted by Gasteiger charge is -2.35. The van der Waals surface area contributed by atoms with Crippen LogP contribution in [0.5, 0.6) is 17.2 Å². The number of rotatable bonds is 5. The first-order chi connectivity index (χ1) is 15.9. The van der Waals surface area contributed by atoms with E-state index in [1.165, 1.54) is 21.3 Å². The van der Waals surface area contributed by atoms with Crippen molar-refractivity contribution in [1.82, 2.24) is 9.97 Å².